The lowest BCUT2D eigenvalue weighted by molar-refractivity contribution is 0.0364. The summed E-state index contributed by atoms with van der Waals surface area (Å²) in [5.74, 6) is 1.01. The Balaban J connectivity index is 1.33. The molecule has 6 rings (SSSR count). The van der Waals surface area contributed by atoms with Crippen molar-refractivity contribution in [2.45, 2.75) is 25.3 Å². The number of rotatable bonds is 8. The van der Waals surface area contributed by atoms with Crippen LogP contribution in [-0.2, 0) is 21.3 Å². The van der Waals surface area contributed by atoms with Crippen molar-refractivity contribution in [3.05, 3.63) is 64.8 Å². The average molecular weight is 593 g/mol. The van der Waals surface area contributed by atoms with E-state index in [4.69, 9.17) is 9.72 Å². The molecule has 0 radical (unpaired) electrons. The van der Waals surface area contributed by atoms with Crippen LogP contribution in [0.3, 0.4) is 0 Å². The van der Waals surface area contributed by atoms with Crippen LogP contribution in [0.2, 0.25) is 0 Å². The molecule has 0 unspecified atom stereocenters. The van der Waals surface area contributed by atoms with Crippen molar-refractivity contribution in [2.75, 3.05) is 64.6 Å². The zero-order valence-corrected chi connectivity index (χ0v) is 24.8. The molecule has 0 aliphatic carbocycles. The lowest BCUT2D eigenvalue weighted by Gasteiger charge is -2.29. The van der Waals surface area contributed by atoms with Gasteiger partial charge in [0.2, 0.25) is 16.0 Å². The van der Waals surface area contributed by atoms with Crippen molar-refractivity contribution in [2.24, 2.45) is 0 Å². The van der Waals surface area contributed by atoms with Crippen LogP contribution in [0.15, 0.2) is 53.7 Å². The average Bonchev–Trinajstić information content (AvgIpc) is 3.49. The number of nitrogens with one attached hydrogen (secondary N) is 1. The summed E-state index contributed by atoms with van der Waals surface area (Å²) in [6.45, 7) is 6.06. The van der Waals surface area contributed by atoms with Crippen molar-refractivity contribution in [3.8, 4) is 11.4 Å². The van der Waals surface area contributed by atoms with Crippen molar-refractivity contribution >= 4 is 32.7 Å². The largest absolute Gasteiger partial charge is 0.379 e. The molecule has 2 fully saturated rings. The molecule has 0 amide bonds. The Morgan fingerprint density at radius 2 is 1.76 bits per heavy atom. The number of likely N-dealkylation sites (tertiary alicyclic amines) is 1. The molecule has 0 atom stereocenters. The third-order valence-corrected chi connectivity index (χ3v) is 9.14. The number of imidazole rings is 1. The number of aromatic nitrogens is 5. The van der Waals surface area contributed by atoms with Crippen LogP contribution in [0.1, 0.15) is 24.3 Å². The summed E-state index contributed by atoms with van der Waals surface area (Å²) < 4.78 is 32.9. The van der Waals surface area contributed by atoms with Gasteiger partial charge in [-0.3, -0.25) is 14.3 Å². The first-order chi connectivity index (χ1) is 20.3. The minimum absolute atomic E-state index is 0.0661. The van der Waals surface area contributed by atoms with Crippen LogP contribution in [0.4, 0.5) is 11.6 Å². The minimum Gasteiger partial charge on any atom is -0.379 e. The second-order valence-electron chi connectivity index (χ2n) is 11.1. The van der Waals surface area contributed by atoms with Crippen LogP contribution >= 0.6 is 0 Å². The Morgan fingerprint density at radius 1 is 1.02 bits per heavy atom. The highest BCUT2D eigenvalue weighted by atomic mass is 32.2. The summed E-state index contributed by atoms with van der Waals surface area (Å²) in [5.41, 5.74) is 2.48. The quantitative estimate of drug-likeness (QED) is 0.326. The van der Waals surface area contributed by atoms with Crippen molar-refractivity contribution in [1.29, 1.82) is 0 Å². The summed E-state index contributed by atoms with van der Waals surface area (Å²) in [6, 6.07) is 10.0. The van der Waals surface area contributed by atoms with E-state index in [0.717, 1.165) is 54.9 Å². The molecule has 2 aliphatic rings. The van der Waals surface area contributed by atoms with Gasteiger partial charge >= 0.3 is 0 Å². The SMILES string of the molecule is CN1CCC(c2ccc(Nc3ncc4cc(-c5nccn5S(C)(=O)=O)c(=O)n(CCN5CCOCC5)c4n3)cc2)CC1. The van der Waals surface area contributed by atoms with Gasteiger partial charge < -0.3 is 15.0 Å². The monoisotopic (exact) mass is 592 g/mol. The number of fused-ring (bicyclic) bond motifs is 1. The molecule has 3 aromatic heterocycles. The molecule has 2 aliphatic heterocycles. The summed E-state index contributed by atoms with van der Waals surface area (Å²) in [7, 11) is -1.50. The lowest BCUT2D eigenvalue weighted by atomic mass is 9.89. The number of hydrogen-bond donors (Lipinski definition) is 1. The predicted molar refractivity (Wildman–Crippen MR) is 162 cm³/mol. The highest BCUT2D eigenvalue weighted by Crippen LogP contribution is 2.29. The Morgan fingerprint density at radius 3 is 2.48 bits per heavy atom. The van der Waals surface area contributed by atoms with E-state index >= 15 is 0 Å². The minimum atomic E-state index is -3.66. The van der Waals surface area contributed by atoms with Crippen molar-refractivity contribution < 1.29 is 13.2 Å². The zero-order valence-electron chi connectivity index (χ0n) is 23.9. The van der Waals surface area contributed by atoms with Crippen LogP contribution in [0.5, 0.6) is 0 Å². The zero-order chi connectivity index (χ0) is 29.3. The molecule has 2 saturated heterocycles. The molecule has 0 bridgehead atoms. The number of anilines is 2. The summed E-state index contributed by atoms with van der Waals surface area (Å²) in [5, 5.41) is 3.90. The second kappa shape index (κ2) is 11.9. The third-order valence-electron chi connectivity index (χ3n) is 8.13. The Labute approximate surface area is 245 Å². The van der Waals surface area contributed by atoms with E-state index in [2.05, 4.69) is 44.3 Å². The highest BCUT2D eigenvalue weighted by molar-refractivity contribution is 7.89. The fourth-order valence-electron chi connectivity index (χ4n) is 5.71. The first-order valence-electron chi connectivity index (χ1n) is 14.3. The van der Waals surface area contributed by atoms with E-state index in [1.807, 2.05) is 12.1 Å². The standard InChI is InChI=1S/C29H36N8O4S/c1-34-10-7-22(8-11-34)21-3-5-24(6-4-21)32-29-31-20-23-19-25(27-30-9-12-37(27)42(2,39)40)28(38)36(26(23)33-29)14-13-35-15-17-41-18-16-35/h3-6,9,12,19-20,22H,7-8,10-11,13-18H2,1-2H3,(H,31,32,33). The molecular weight excluding hydrogens is 556 g/mol. The van der Waals surface area contributed by atoms with E-state index in [0.29, 0.717) is 49.2 Å². The molecule has 1 N–H and O–H groups in total. The number of hydrogen-bond acceptors (Lipinski definition) is 10. The van der Waals surface area contributed by atoms with Gasteiger partial charge in [-0.1, -0.05) is 12.1 Å². The van der Waals surface area contributed by atoms with Crippen LogP contribution < -0.4 is 10.9 Å². The van der Waals surface area contributed by atoms with Gasteiger partial charge in [0, 0.05) is 55.8 Å². The van der Waals surface area contributed by atoms with Gasteiger partial charge in [0.15, 0.2) is 5.82 Å². The molecule has 42 heavy (non-hydrogen) atoms. The van der Waals surface area contributed by atoms with Crippen molar-refractivity contribution in [1.82, 2.24) is 33.3 Å². The summed E-state index contributed by atoms with van der Waals surface area (Å²) >= 11 is 0. The number of ether oxygens (including phenoxy) is 1. The van der Waals surface area contributed by atoms with Crippen LogP contribution in [0, 0.1) is 0 Å². The van der Waals surface area contributed by atoms with Gasteiger partial charge in [0.1, 0.15) is 5.65 Å². The van der Waals surface area contributed by atoms with Gasteiger partial charge in [-0.15, -0.1) is 0 Å². The van der Waals surface area contributed by atoms with Crippen molar-refractivity contribution in [3.63, 3.8) is 0 Å². The summed E-state index contributed by atoms with van der Waals surface area (Å²) in [6.07, 6.45) is 7.77. The van der Waals surface area contributed by atoms with E-state index in [1.165, 1.54) is 18.0 Å². The maximum Gasteiger partial charge on any atom is 0.263 e. The molecule has 222 valence electrons. The third kappa shape index (κ3) is 6.09. The topological polar surface area (TPSA) is 127 Å². The number of morpholine rings is 1. The van der Waals surface area contributed by atoms with Crippen LogP contribution in [-0.4, -0.2) is 101 Å². The van der Waals surface area contributed by atoms with Gasteiger partial charge in [0.25, 0.3) is 5.56 Å². The smallest absolute Gasteiger partial charge is 0.263 e. The normalized spacial score (nSPS) is 17.6. The Kier molecular flexibility index (Phi) is 8.08. The summed E-state index contributed by atoms with van der Waals surface area (Å²) in [4.78, 5) is 32.0. The predicted octanol–water partition coefficient (Wildman–Crippen LogP) is 2.35. The number of nitrogens with zero attached hydrogens (tertiary/aromatic N) is 7. The fraction of sp³-hybridized carbons (Fsp3) is 0.448. The Hall–Kier alpha value is -3.65. The molecule has 5 heterocycles. The molecule has 0 saturated carbocycles. The van der Waals surface area contributed by atoms with E-state index in [9.17, 15) is 13.2 Å². The Bertz CT molecular complexity index is 1720. The first kappa shape index (κ1) is 28.5. The molecule has 4 aromatic rings. The number of piperidine rings is 1. The molecular formula is C29H36N8O4S. The van der Waals surface area contributed by atoms with Gasteiger partial charge in [-0.25, -0.2) is 22.4 Å². The van der Waals surface area contributed by atoms with Gasteiger partial charge in [0.05, 0.1) is 25.0 Å². The van der Waals surface area contributed by atoms with E-state index < -0.39 is 10.0 Å². The first-order valence-corrected chi connectivity index (χ1v) is 16.1. The molecule has 1 aromatic carbocycles. The van der Waals surface area contributed by atoms with Gasteiger partial charge in [-0.2, -0.15) is 4.98 Å². The van der Waals surface area contributed by atoms with Crippen LogP contribution in [0.25, 0.3) is 22.4 Å². The second-order valence-corrected chi connectivity index (χ2v) is 12.9. The lowest BCUT2D eigenvalue weighted by Crippen LogP contribution is -2.39. The fourth-order valence-corrected chi connectivity index (χ4v) is 6.45. The maximum absolute atomic E-state index is 13.9. The highest BCUT2D eigenvalue weighted by Gasteiger charge is 2.22. The van der Waals surface area contributed by atoms with Gasteiger partial charge in [-0.05, 0) is 62.7 Å². The number of benzene rings is 1. The number of pyridine rings is 1. The molecule has 13 heteroatoms. The van der Waals surface area contributed by atoms with E-state index in [-0.39, 0.29) is 16.9 Å². The molecule has 0 spiro atoms. The maximum atomic E-state index is 13.9. The molecule has 12 nitrogen and oxygen atoms in total. The van der Waals surface area contributed by atoms with E-state index in [1.54, 1.807) is 16.8 Å².